The summed E-state index contributed by atoms with van der Waals surface area (Å²) in [5.74, 6) is 4.13. The van der Waals surface area contributed by atoms with E-state index in [2.05, 4.69) is 26.3 Å². The molecule has 0 N–H and O–H groups in total. The summed E-state index contributed by atoms with van der Waals surface area (Å²) in [5, 5.41) is 5.34. The summed E-state index contributed by atoms with van der Waals surface area (Å²) < 4.78 is 10.2. The zero-order valence-electron chi connectivity index (χ0n) is 14.1. The van der Waals surface area contributed by atoms with Gasteiger partial charge in [-0.05, 0) is 37.5 Å². The molecule has 2 atom stereocenters. The van der Waals surface area contributed by atoms with Gasteiger partial charge in [0.2, 0.25) is 11.0 Å². The summed E-state index contributed by atoms with van der Waals surface area (Å²) in [6.45, 7) is 4.09. The molecule has 2 aromatic rings. The van der Waals surface area contributed by atoms with Gasteiger partial charge in [0, 0.05) is 37.5 Å². The van der Waals surface area contributed by atoms with Crippen LogP contribution in [0, 0.1) is 11.8 Å². The van der Waals surface area contributed by atoms with E-state index in [0.29, 0.717) is 5.92 Å². The van der Waals surface area contributed by atoms with Gasteiger partial charge in [-0.25, -0.2) is 4.98 Å². The predicted molar refractivity (Wildman–Crippen MR) is 91.2 cm³/mol. The Hall–Kier alpha value is -1.50. The largest absolute Gasteiger partial charge is 0.345 e. The van der Waals surface area contributed by atoms with E-state index >= 15 is 0 Å². The summed E-state index contributed by atoms with van der Waals surface area (Å²) in [4.78, 5) is 11.9. The molecule has 2 aliphatic carbocycles. The van der Waals surface area contributed by atoms with E-state index in [1.165, 1.54) is 37.2 Å². The van der Waals surface area contributed by atoms with Gasteiger partial charge in [0.1, 0.15) is 5.82 Å². The summed E-state index contributed by atoms with van der Waals surface area (Å²) in [5.41, 5.74) is 0.0346. The molecule has 128 valence electrons. The topological polar surface area (TPSA) is 67.9 Å². The fourth-order valence-electron chi connectivity index (χ4n) is 4.42. The van der Waals surface area contributed by atoms with Crippen molar-refractivity contribution in [2.45, 2.75) is 57.3 Å². The maximum absolute atomic E-state index is 5.77. The summed E-state index contributed by atoms with van der Waals surface area (Å²) in [6.07, 6.45) is 8.19. The molecule has 0 unspecified atom stereocenters. The van der Waals surface area contributed by atoms with Gasteiger partial charge in [0.15, 0.2) is 5.82 Å². The van der Waals surface area contributed by atoms with E-state index in [1.807, 2.05) is 0 Å². The summed E-state index contributed by atoms with van der Waals surface area (Å²) in [6, 6.07) is 0. The van der Waals surface area contributed by atoms with Gasteiger partial charge in [0.25, 0.3) is 0 Å². The molecular formula is C17H23N5OS. The van der Waals surface area contributed by atoms with Crippen LogP contribution in [0.15, 0.2) is 4.52 Å². The second-order valence-corrected chi connectivity index (χ2v) is 8.37. The molecule has 6 nitrogen and oxygen atoms in total. The fraction of sp³-hybridized carbons (Fsp3) is 0.765. The minimum atomic E-state index is 0.0346. The van der Waals surface area contributed by atoms with Crippen molar-refractivity contribution in [2.24, 2.45) is 11.8 Å². The van der Waals surface area contributed by atoms with E-state index in [9.17, 15) is 0 Å². The SMILES string of the molecule is CCc1nsc(N2C[C@H]3CCC[C@@]3(c3nc(CC4CC4)no3)C2)n1. The van der Waals surface area contributed by atoms with Crippen LogP contribution in [0.4, 0.5) is 5.13 Å². The molecular weight excluding hydrogens is 322 g/mol. The Balaban J connectivity index is 1.41. The Morgan fingerprint density at radius 2 is 2.17 bits per heavy atom. The Kier molecular flexibility index (Phi) is 3.40. The maximum Gasteiger partial charge on any atom is 0.235 e. The normalized spacial score (nSPS) is 29.4. The Morgan fingerprint density at radius 3 is 2.96 bits per heavy atom. The van der Waals surface area contributed by atoms with Crippen LogP contribution >= 0.6 is 11.5 Å². The monoisotopic (exact) mass is 345 g/mol. The quantitative estimate of drug-likeness (QED) is 0.830. The van der Waals surface area contributed by atoms with Crippen molar-refractivity contribution in [1.29, 1.82) is 0 Å². The summed E-state index contributed by atoms with van der Waals surface area (Å²) in [7, 11) is 0. The van der Waals surface area contributed by atoms with Crippen LogP contribution in [0.2, 0.25) is 0 Å². The van der Waals surface area contributed by atoms with Crippen molar-refractivity contribution in [3.8, 4) is 0 Å². The molecule has 0 spiro atoms. The number of aryl methyl sites for hydroxylation is 1. The first kappa shape index (κ1) is 14.8. The molecule has 0 aromatic carbocycles. The number of rotatable bonds is 5. The van der Waals surface area contributed by atoms with Crippen molar-refractivity contribution in [1.82, 2.24) is 19.5 Å². The summed E-state index contributed by atoms with van der Waals surface area (Å²) >= 11 is 1.52. The molecule has 0 radical (unpaired) electrons. The first-order chi connectivity index (χ1) is 11.8. The van der Waals surface area contributed by atoms with Crippen LogP contribution in [-0.2, 0) is 18.3 Å². The van der Waals surface area contributed by atoms with Crippen molar-refractivity contribution in [2.75, 3.05) is 18.0 Å². The number of nitrogens with zero attached hydrogens (tertiary/aromatic N) is 5. The van der Waals surface area contributed by atoms with E-state index < -0.39 is 0 Å². The number of aromatic nitrogens is 4. The highest BCUT2D eigenvalue weighted by molar-refractivity contribution is 7.09. The zero-order chi connectivity index (χ0) is 16.1. The maximum atomic E-state index is 5.77. The van der Waals surface area contributed by atoms with Crippen LogP contribution in [0.1, 0.15) is 56.6 Å². The minimum absolute atomic E-state index is 0.0346. The number of hydrogen-bond donors (Lipinski definition) is 0. The van der Waals surface area contributed by atoms with Crippen LogP contribution < -0.4 is 4.90 Å². The van der Waals surface area contributed by atoms with Crippen molar-refractivity contribution < 1.29 is 4.52 Å². The van der Waals surface area contributed by atoms with E-state index in [-0.39, 0.29) is 5.41 Å². The molecule has 2 aromatic heterocycles. The van der Waals surface area contributed by atoms with E-state index in [4.69, 9.17) is 9.51 Å². The van der Waals surface area contributed by atoms with Crippen LogP contribution in [-0.4, -0.2) is 32.6 Å². The second-order valence-electron chi connectivity index (χ2n) is 7.64. The highest BCUT2D eigenvalue weighted by atomic mass is 32.1. The predicted octanol–water partition coefficient (Wildman–Crippen LogP) is 2.99. The fourth-order valence-corrected chi connectivity index (χ4v) is 5.18. The standard InChI is InChI=1S/C17H23N5OS/c1-2-13-19-16(24-21-13)22-9-12-4-3-7-17(12,10-22)15-18-14(20-23-15)8-11-5-6-11/h11-12H,2-10H2,1H3/t12-,17-/m1/s1. The van der Waals surface area contributed by atoms with Crippen LogP contribution in [0.25, 0.3) is 0 Å². The molecule has 7 heteroatoms. The van der Waals surface area contributed by atoms with Gasteiger partial charge in [-0.3, -0.25) is 0 Å². The van der Waals surface area contributed by atoms with E-state index in [0.717, 1.165) is 60.9 Å². The van der Waals surface area contributed by atoms with Crippen LogP contribution in [0.5, 0.6) is 0 Å². The second kappa shape index (κ2) is 5.51. The lowest BCUT2D eigenvalue weighted by Crippen LogP contribution is -2.32. The molecule has 0 bridgehead atoms. The average Bonchev–Trinajstić information content (AvgIpc) is 3.02. The Bertz CT molecular complexity index is 739. The third kappa shape index (κ3) is 2.36. The Morgan fingerprint density at radius 1 is 1.25 bits per heavy atom. The van der Waals surface area contributed by atoms with Gasteiger partial charge >= 0.3 is 0 Å². The lowest BCUT2D eigenvalue weighted by molar-refractivity contribution is 0.265. The molecule has 0 amide bonds. The highest BCUT2D eigenvalue weighted by Crippen LogP contribution is 2.51. The molecule has 3 heterocycles. The average molecular weight is 345 g/mol. The lowest BCUT2D eigenvalue weighted by atomic mass is 9.80. The minimum Gasteiger partial charge on any atom is -0.345 e. The van der Waals surface area contributed by atoms with Gasteiger partial charge in [-0.15, -0.1) is 0 Å². The molecule has 3 fully saturated rings. The smallest absolute Gasteiger partial charge is 0.235 e. The van der Waals surface area contributed by atoms with Crippen molar-refractivity contribution in [3.63, 3.8) is 0 Å². The zero-order valence-corrected chi connectivity index (χ0v) is 14.9. The number of fused-ring (bicyclic) bond motifs is 1. The van der Waals surface area contributed by atoms with Gasteiger partial charge in [-0.1, -0.05) is 18.5 Å². The third-order valence-corrected chi connectivity index (χ3v) is 6.79. The first-order valence-corrected chi connectivity index (χ1v) is 9.95. The molecule has 1 saturated heterocycles. The van der Waals surface area contributed by atoms with Gasteiger partial charge in [0.05, 0.1) is 5.41 Å². The van der Waals surface area contributed by atoms with Gasteiger partial charge < -0.3 is 9.42 Å². The highest BCUT2D eigenvalue weighted by Gasteiger charge is 2.54. The molecule has 2 saturated carbocycles. The van der Waals surface area contributed by atoms with Crippen LogP contribution in [0.3, 0.4) is 0 Å². The first-order valence-electron chi connectivity index (χ1n) is 9.17. The molecule has 5 rings (SSSR count). The lowest BCUT2D eigenvalue weighted by Gasteiger charge is -2.23. The van der Waals surface area contributed by atoms with Crippen molar-refractivity contribution in [3.05, 3.63) is 17.5 Å². The Labute approximate surface area is 145 Å². The van der Waals surface area contributed by atoms with E-state index in [1.54, 1.807) is 0 Å². The number of hydrogen-bond acceptors (Lipinski definition) is 7. The van der Waals surface area contributed by atoms with Crippen molar-refractivity contribution >= 4 is 16.7 Å². The van der Waals surface area contributed by atoms with Gasteiger partial charge in [-0.2, -0.15) is 9.36 Å². The molecule has 24 heavy (non-hydrogen) atoms. The molecule has 3 aliphatic rings. The number of anilines is 1. The molecule has 1 aliphatic heterocycles. The third-order valence-electron chi connectivity index (χ3n) is 5.98.